The summed E-state index contributed by atoms with van der Waals surface area (Å²) < 4.78 is 5.97. The second-order valence-electron chi connectivity index (χ2n) is 21.1. The lowest BCUT2D eigenvalue weighted by atomic mass is 10.0. The molecule has 0 fully saturated rings. The van der Waals surface area contributed by atoms with Gasteiger partial charge in [-0.25, -0.2) is 0 Å². The topological polar surface area (TPSA) is 95.9 Å². The molecule has 0 aliphatic rings. The third-order valence-corrected chi connectivity index (χ3v) is 14.3. The number of aliphatic hydroxyl groups excluding tert-OH is 2. The van der Waals surface area contributed by atoms with Crippen molar-refractivity contribution in [3.05, 3.63) is 12.2 Å². The predicted octanol–water partition coefficient (Wildman–Crippen LogP) is 18.9. The molecule has 0 aliphatic heterocycles. The van der Waals surface area contributed by atoms with Crippen LogP contribution in [0, 0.1) is 0 Å². The first kappa shape index (κ1) is 65.6. The van der Waals surface area contributed by atoms with Crippen molar-refractivity contribution in [3.63, 3.8) is 0 Å². The summed E-state index contributed by atoms with van der Waals surface area (Å²) in [5.41, 5.74) is 0. The summed E-state index contributed by atoms with van der Waals surface area (Å²) in [5.74, 6) is -0.459. The van der Waals surface area contributed by atoms with Crippen LogP contribution in [0.15, 0.2) is 12.2 Å². The fourth-order valence-corrected chi connectivity index (χ4v) is 9.72. The molecular weight excluding hydrogens is 827 g/mol. The van der Waals surface area contributed by atoms with E-state index in [1.165, 1.54) is 244 Å². The van der Waals surface area contributed by atoms with Gasteiger partial charge in [0.1, 0.15) is 6.10 Å². The molecule has 398 valence electrons. The number of aliphatic hydroxyl groups is 2. The lowest BCUT2D eigenvalue weighted by Crippen LogP contribution is -2.46. The normalized spacial score (nSPS) is 13.1. The molecule has 0 aromatic carbocycles. The minimum atomic E-state index is -0.784. The summed E-state index contributed by atoms with van der Waals surface area (Å²) in [4.78, 5) is 26.3. The van der Waals surface area contributed by atoms with Crippen molar-refractivity contribution in [3.8, 4) is 0 Å². The molecule has 0 aromatic heterocycles. The van der Waals surface area contributed by atoms with Crippen LogP contribution in [0.3, 0.4) is 0 Å². The summed E-state index contributed by atoms with van der Waals surface area (Å²) in [6.45, 7) is 6.54. The van der Waals surface area contributed by atoms with E-state index in [0.29, 0.717) is 19.3 Å². The van der Waals surface area contributed by atoms with Crippen molar-refractivity contribution in [2.24, 2.45) is 0 Å². The molecule has 3 N–H and O–H groups in total. The molecule has 1 amide bonds. The number of carbonyl (C=O) groups excluding carboxylic acids is 2. The lowest BCUT2D eigenvalue weighted by Gasteiger charge is -2.24. The minimum absolute atomic E-state index is 0.0823. The molecule has 0 bridgehead atoms. The van der Waals surface area contributed by atoms with Crippen molar-refractivity contribution in [1.29, 1.82) is 0 Å². The summed E-state index contributed by atoms with van der Waals surface area (Å²) in [7, 11) is 0. The largest absolute Gasteiger partial charge is 0.462 e. The van der Waals surface area contributed by atoms with E-state index in [1.807, 2.05) is 0 Å². The van der Waals surface area contributed by atoms with Gasteiger partial charge < -0.3 is 20.3 Å². The summed E-state index contributed by atoms with van der Waals surface area (Å²) in [6.07, 6.45) is 64.3. The highest BCUT2D eigenvalue weighted by Gasteiger charge is 2.24. The molecule has 0 saturated heterocycles. The van der Waals surface area contributed by atoms with Crippen LogP contribution in [-0.4, -0.2) is 46.9 Å². The quantitative estimate of drug-likeness (QED) is 0.0321. The molecule has 3 unspecified atom stereocenters. The fourth-order valence-electron chi connectivity index (χ4n) is 9.72. The van der Waals surface area contributed by atoms with Crippen molar-refractivity contribution in [1.82, 2.24) is 5.32 Å². The van der Waals surface area contributed by atoms with Gasteiger partial charge in [0.05, 0.1) is 25.2 Å². The summed E-state index contributed by atoms with van der Waals surface area (Å²) in [5, 5.41) is 23.9. The second-order valence-corrected chi connectivity index (χ2v) is 21.1. The number of esters is 1. The number of unbranched alkanes of at least 4 members (excludes halogenated alkanes) is 42. The number of hydrogen-bond acceptors (Lipinski definition) is 5. The first-order valence-corrected chi connectivity index (χ1v) is 30.4. The van der Waals surface area contributed by atoms with Crippen molar-refractivity contribution in [2.75, 3.05) is 6.61 Å². The lowest BCUT2D eigenvalue weighted by molar-refractivity contribution is -0.151. The number of amides is 1. The average molecular weight is 947 g/mol. The van der Waals surface area contributed by atoms with Gasteiger partial charge in [0.25, 0.3) is 0 Å². The third kappa shape index (κ3) is 50.8. The predicted molar refractivity (Wildman–Crippen MR) is 292 cm³/mol. The Morgan fingerprint density at radius 3 is 1.06 bits per heavy atom. The molecule has 67 heavy (non-hydrogen) atoms. The Morgan fingerprint density at radius 1 is 0.418 bits per heavy atom. The van der Waals surface area contributed by atoms with Crippen LogP contribution in [0.1, 0.15) is 342 Å². The molecule has 0 aromatic rings. The van der Waals surface area contributed by atoms with Crippen LogP contribution in [0.2, 0.25) is 0 Å². The van der Waals surface area contributed by atoms with Gasteiger partial charge in [-0.05, 0) is 51.4 Å². The minimum Gasteiger partial charge on any atom is -0.462 e. The third-order valence-electron chi connectivity index (χ3n) is 14.3. The van der Waals surface area contributed by atoms with Crippen LogP contribution in [0.4, 0.5) is 0 Å². The van der Waals surface area contributed by atoms with Gasteiger partial charge >= 0.3 is 5.97 Å². The number of allylic oxidation sites excluding steroid dienone is 2. The first-order chi connectivity index (χ1) is 33.0. The van der Waals surface area contributed by atoms with Gasteiger partial charge in [-0.15, -0.1) is 0 Å². The standard InChI is InChI=1S/C61H119NO5/c1-4-7-10-13-16-19-22-25-27-29-31-33-36-39-42-45-48-51-54-61(66)67-57(52-49-46-43-40-37-34-24-21-18-15-12-9-6-3)55-60(65)62-58(56-63)59(64)53-50-47-44-41-38-35-32-30-28-26-23-20-17-14-11-8-5-2/h31,33,57-59,63-64H,4-30,32,34-56H2,1-3H3,(H,62,65)/b33-31+. The Morgan fingerprint density at radius 2 is 0.716 bits per heavy atom. The Kier molecular flexibility index (Phi) is 54.4. The van der Waals surface area contributed by atoms with Crippen molar-refractivity contribution >= 4 is 11.9 Å². The van der Waals surface area contributed by atoms with Crippen molar-refractivity contribution < 1.29 is 24.5 Å². The molecule has 0 spiro atoms. The van der Waals surface area contributed by atoms with Gasteiger partial charge in [0.15, 0.2) is 0 Å². The summed E-state index contributed by atoms with van der Waals surface area (Å²) >= 11 is 0. The molecule has 0 saturated carbocycles. The number of ether oxygens (including phenoxy) is 1. The monoisotopic (exact) mass is 946 g/mol. The zero-order chi connectivity index (χ0) is 48.8. The number of carbonyl (C=O) groups is 2. The molecular formula is C61H119NO5. The smallest absolute Gasteiger partial charge is 0.306 e. The SMILES string of the molecule is CCCCCCCCCCC/C=C/CCCCCCCC(=O)OC(CCCCCCCCCCCCCCC)CC(=O)NC(CO)C(O)CCCCCCCCCCCCCCCCCCC. The van der Waals surface area contributed by atoms with Gasteiger partial charge in [-0.2, -0.15) is 0 Å². The number of rotatable bonds is 56. The second kappa shape index (κ2) is 55.5. The zero-order valence-electron chi connectivity index (χ0n) is 45.6. The van der Waals surface area contributed by atoms with E-state index in [2.05, 4.69) is 38.2 Å². The van der Waals surface area contributed by atoms with Crippen LogP contribution in [0.5, 0.6) is 0 Å². The van der Waals surface area contributed by atoms with Gasteiger partial charge in [-0.3, -0.25) is 9.59 Å². The van der Waals surface area contributed by atoms with E-state index in [-0.39, 0.29) is 24.9 Å². The maximum absolute atomic E-state index is 13.3. The Hall–Kier alpha value is -1.40. The molecule has 3 atom stereocenters. The van der Waals surface area contributed by atoms with E-state index >= 15 is 0 Å². The maximum atomic E-state index is 13.3. The molecule has 0 heterocycles. The fraction of sp³-hybridized carbons (Fsp3) is 0.934. The van der Waals surface area contributed by atoms with E-state index in [1.54, 1.807) is 0 Å². The molecule has 6 nitrogen and oxygen atoms in total. The molecule has 0 radical (unpaired) electrons. The van der Waals surface area contributed by atoms with Crippen LogP contribution < -0.4 is 5.32 Å². The van der Waals surface area contributed by atoms with Gasteiger partial charge in [0, 0.05) is 6.42 Å². The van der Waals surface area contributed by atoms with E-state index in [9.17, 15) is 19.8 Å². The highest BCUT2D eigenvalue weighted by atomic mass is 16.5. The van der Waals surface area contributed by atoms with E-state index in [0.717, 1.165) is 51.4 Å². The summed E-state index contributed by atoms with van der Waals surface area (Å²) in [6, 6.07) is -0.698. The first-order valence-electron chi connectivity index (χ1n) is 30.4. The van der Waals surface area contributed by atoms with Gasteiger partial charge in [0.2, 0.25) is 5.91 Å². The van der Waals surface area contributed by atoms with E-state index < -0.39 is 18.2 Å². The Bertz CT molecular complexity index is 1020. The van der Waals surface area contributed by atoms with Crippen molar-refractivity contribution in [2.45, 2.75) is 360 Å². The highest BCUT2D eigenvalue weighted by Crippen LogP contribution is 2.19. The Labute approximate surface area is 419 Å². The maximum Gasteiger partial charge on any atom is 0.306 e. The number of nitrogens with one attached hydrogen (secondary N) is 1. The van der Waals surface area contributed by atoms with Gasteiger partial charge in [-0.1, -0.05) is 290 Å². The zero-order valence-corrected chi connectivity index (χ0v) is 45.6. The number of hydrogen-bond donors (Lipinski definition) is 3. The Balaban J connectivity index is 4.45. The van der Waals surface area contributed by atoms with E-state index in [4.69, 9.17) is 4.74 Å². The average Bonchev–Trinajstić information content (AvgIpc) is 3.32. The highest BCUT2D eigenvalue weighted by molar-refractivity contribution is 5.77. The van der Waals surface area contributed by atoms with Crippen LogP contribution in [-0.2, 0) is 14.3 Å². The molecule has 0 rings (SSSR count). The molecule has 6 heteroatoms. The molecule has 0 aliphatic carbocycles. The van der Waals surface area contributed by atoms with Crippen LogP contribution in [0.25, 0.3) is 0 Å². The van der Waals surface area contributed by atoms with Crippen LogP contribution >= 0.6 is 0 Å².